The summed E-state index contributed by atoms with van der Waals surface area (Å²) in [5.74, 6) is -0.880. The summed E-state index contributed by atoms with van der Waals surface area (Å²) in [5.41, 5.74) is -1.12. The first-order valence-corrected chi connectivity index (χ1v) is 8.55. The van der Waals surface area contributed by atoms with Crippen LogP contribution in [0.2, 0.25) is 0 Å². The Morgan fingerprint density at radius 1 is 0.920 bits per heavy atom. The monoisotopic (exact) mass is 359 g/mol. The van der Waals surface area contributed by atoms with Crippen LogP contribution in [-0.2, 0) is 28.6 Å². The minimum atomic E-state index is -0.703. The molecule has 0 saturated carbocycles. The highest BCUT2D eigenvalue weighted by molar-refractivity contribution is 5.85. The third-order valence-corrected chi connectivity index (χ3v) is 2.69. The minimum absolute atomic E-state index is 0.0623. The van der Waals surface area contributed by atoms with Crippen molar-refractivity contribution in [3.8, 4) is 0 Å². The van der Waals surface area contributed by atoms with E-state index in [1.165, 1.54) is 6.92 Å². The van der Waals surface area contributed by atoms with E-state index in [0.29, 0.717) is 13.2 Å². The van der Waals surface area contributed by atoms with E-state index in [-0.39, 0.29) is 31.2 Å². The maximum absolute atomic E-state index is 12.1. The average molecular weight is 359 g/mol. The maximum atomic E-state index is 12.1. The van der Waals surface area contributed by atoms with Gasteiger partial charge < -0.3 is 19.5 Å². The van der Waals surface area contributed by atoms with E-state index >= 15 is 0 Å². The molecule has 0 heterocycles. The molecular weight excluding hydrogens is 326 g/mol. The molecule has 0 amide bonds. The summed E-state index contributed by atoms with van der Waals surface area (Å²) in [6, 6.07) is -0.703. The molecule has 7 heteroatoms. The predicted molar refractivity (Wildman–Crippen MR) is 94.2 cm³/mol. The second kappa shape index (κ2) is 10.5. The second-order valence-corrected chi connectivity index (χ2v) is 7.90. The lowest BCUT2D eigenvalue weighted by atomic mass is 10.1. The van der Waals surface area contributed by atoms with Gasteiger partial charge in [0, 0.05) is 13.0 Å². The molecule has 0 aromatic rings. The lowest BCUT2D eigenvalue weighted by Crippen LogP contribution is -2.43. The van der Waals surface area contributed by atoms with Crippen molar-refractivity contribution in [1.82, 2.24) is 5.32 Å². The van der Waals surface area contributed by atoms with Gasteiger partial charge in [-0.3, -0.25) is 14.4 Å². The number of ketones is 1. The Bertz CT molecular complexity index is 447. The van der Waals surface area contributed by atoms with Crippen LogP contribution in [0.4, 0.5) is 0 Å². The van der Waals surface area contributed by atoms with E-state index in [1.54, 1.807) is 20.8 Å². The van der Waals surface area contributed by atoms with Gasteiger partial charge in [-0.25, -0.2) is 0 Å². The van der Waals surface area contributed by atoms with Crippen LogP contribution in [0, 0.1) is 0 Å². The molecule has 0 aromatic carbocycles. The highest BCUT2D eigenvalue weighted by Crippen LogP contribution is 2.10. The highest BCUT2D eigenvalue weighted by atomic mass is 16.6. The topological polar surface area (TPSA) is 90.9 Å². The van der Waals surface area contributed by atoms with Gasteiger partial charge in [0.1, 0.15) is 23.0 Å². The van der Waals surface area contributed by atoms with Gasteiger partial charge in [0.05, 0.1) is 19.6 Å². The first kappa shape index (κ1) is 23.5. The Labute approximate surface area is 150 Å². The van der Waals surface area contributed by atoms with Crippen LogP contribution < -0.4 is 5.32 Å². The molecule has 0 bridgehead atoms. The number of Topliss-reactive ketones (excluding diaryl/α,β-unsaturated/α-hetero) is 1. The van der Waals surface area contributed by atoms with E-state index in [2.05, 4.69) is 5.32 Å². The minimum Gasteiger partial charge on any atom is -0.460 e. The molecular formula is C18H33NO6. The summed E-state index contributed by atoms with van der Waals surface area (Å²) in [5, 5.41) is 2.96. The Morgan fingerprint density at radius 3 is 1.96 bits per heavy atom. The van der Waals surface area contributed by atoms with E-state index in [0.717, 1.165) is 0 Å². The van der Waals surface area contributed by atoms with Gasteiger partial charge in [0.2, 0.25) is 0 Å². The van der Waals surface area contributed by atoms with Crippen molar-refractivity contribution in [1.29, 1.82) is 0 Å². The van der Waals surface area contributed by atoms with Crippen molar-refractivity contribution >= 4 is 17.7 Å². The molecule has 0 aliphatic carbocycles. The zero-order valence-corrected chi connectivity index (χ0v) is 16.6. The van der Waals surface area contributed by atoms with E-state index in [9.17, 15) is 14.4 Å². The fourth-order valence-electron chi connectivity index (χ4n) is 1.85. The van der Waals surface area contributed by atoms with Crippen LogP contribution in [-0.4, -0.2) is 54.7 Å². The number of carbonyl (C=O) groups excluding carboxylic acids is 3. The summed E-state index contributed by atoms with van der Waals surface area (Å²) >= 11 is 0. The summed E-state index contributed by atoms with van der Waals surface area (Å²) in [7, 11) is 0. The van der Waals surface area contributed by atoms with Gasteiger partial charge in [-0.05, 0) is 48.5 Å². The SMILES string of the molecule is CC(=O)CC(NCCOCCC(=O)OC(C)(C)C)C(=O)OC(C)(C)C. The van der Waals surface area contributed by atoms with Crippen molar-refractivity contribution in [2.45, 2.75) is 78.6 Å². The lowest BCUT2D eigenvalue weighted by molar-refractivity contribution is -0.158. The van der Waals surface area contributed by atoms with Crippen molar-refractivity contribution in [2.24, 2.45) is 0 Å². The van der Waals surface area contributed by atoms with Crippen LogP contribution in [0.3, 0.4) is 0 Å². The van der Waals surface area contributed by atoms with Gasteiger partial charge in [-0.1, -0.05) is 0 Å². The quantitative estimate of drug-likeness (QED) is 0.471. The van der Waals surface area contributed by atoms with Crippen molar-refractivity contribution in [3.63, 3.8) is 0 Å². The first-order valence-electron chi connectivity index (χ1n) is 8.55. The molecule has 25 heavy (non-hydrogen) atoms. The first-order chi connectivity index (χ1) is 11.3. The number of hydrogen-bond donors (Lipinski definition) is 1. The van der Waals surface area contributed by atoms with Crippen molar-refractivity contribution in [3.05, 3.63) is 0 Å². The zero-order valence-electron chi connectivity index (χ0n) is 16.6. The number of ether oxygens (including phenoxy) is 3. The molecule has 0 spiro atoms. The summed E-state index contributed by atoms with van der Waals surface area (Å²) < 4.78 is 15.8. The number of esters is 2. The molecule has 7 nitrogen and oxygen atoms in total. The number of carbonyl (C=O) groups is 3. The molecule has 0 saturated heterocycles. The Morgan fingerprint density at radius 2 is 1.48 bits per heavy atom. The molecule has 0 radical (unpaired) electrons. The molecule has 1 N–H and O–H groups in total. The van der Waals surface area contributed by atoms with Crippen molar-refractivity contribution in [2.75, 3.05) is 19.8 Å². The van der Waals surface area contributed by atoms with Crippen LogP contribution >= 0.6 is 0 Å². The summed E-state index contributed by atoms with van der Waals surface area (Å²) in [4.78, 5) is 34.9. The molecule has 146 valence electrons. The van der Waals surface area contributed by atoms with E-state index in [1.807, 2.05) is 20.8 Å². The molecule has 1 unspecified atom stereocenters. The number of nitrogens with one attached hydrogen (secondary N) is 1. The van der Waals surface area contributed by atoms with Crippen LogP contribution in [0.1, 0.15) is 61.3 Å². The zero-order chi connectivity index (χ0) is 19.7. The molecule has 0 fully saturated rings. The Hall–Kier alpha value is -1.47. The summed E-state index contributed by atoms with van der Waals surface area (Å²) in [6.45, 7) is 13.1. The predicted octanol–water partition coefficient (Wildman–Crippen LogP) is 2.01. The maximum Gasteiger partial charge on any atom is 0.324 e. The third kappa shape index (κ3) is 14.6. The van der Waals surface area contributed by atoms with Gasteiger partial charge in [0.25, 0.3) is 0 Å². The van der Waals surface area contributed by atoms with Crippen LogP contribution in [0.25, 0.3) is 0 Å². The molecule has 0 aliphatic rings. The van der Waals surface area contributed by atoms with Crippen LogP contribution in [0.15, 0.2) is 0 Å². The molecule has 0 aliphatic heterocycles. The average Bonchev–Trinajstić information content (AvgIpc) is 2.36. The van der Waals surface area contributed by atoms with Gasteiger partial charge in [-0.15, -0.1) is 0 Å². The van der Waals surface area contributed by atoms with Crippen LogP contribution in [0.5, 0.6) is 0 Å². The second-order valence-electron chi connectivity index (χ2n) is 7.90. The largest absolute Gasteiger partial charge is 0.460 e. The van der Waals surface area contributed by atoms with Gasteiger partial charge >= 0.3 is 11.9 Å². The summed E-state index contributed by atoms with van der Waals surface area (Å²) in [6.07, 6.45) is 0.229. The fourth-order valence-corrected chi connectivity index (χ4v) is 1.85. The Balaban J connectivity index is 4.12. The lowest BCUT2D eigenvalue weighted by Gasteiger charge is -2.24. The number of hydrogen-bond acceptors (Lipinski definition) is 7. The highest BCUT2D eigenvalue weighted by Gasteiger charge is 2.25. The smallest absolute Gasteiger partial charge is 0.324 e. The fraction of sp³-hybridized carbons (Fsp3) is 0.833. The molecule has 0 aromatic heterocycles. The third-order valence-electron chi connectivity index (χ3n) is 2.69. The molecule has 0 rings (SSSR count). The van der Waals surface area contributed by atoms with E-state index < -0.39 is 23.2 Å². The Kier molecular flexibility index (Phi) is 9.89. The van der Waals surface area contributed by atoms with Gasteiger partial charge in [0.15, 0.2) is 0 Å². The standard InChI is InChI=1S/C18H33NO6/c1-13(20)12-14(16(22)25-18(5,6)7)19-9-11-23-10-8-15(21)24-17(2,3)4/h14,19H,8-12H2,1-7H3. The molecule has 1 atom stereocenters. The normalized spacial score (nSPS) is 13.2. The van der Waals surface area contributed by atoms with Gasteiger partial charge in [-0.2, -0.15) is 0 Å². The van der Waals surface area contributed by atoms with Crippen molar-refractivity contribution < 1.29 is 28.6 Å². The number of rotatable bonds is 10. The van der Waals surface area contributed by atoms with E-state index in [4.69, 9.17) is 14.2 Å².